The number of phenols is 2. The highest BCUT2D eigenvalue weighted by Crippen LogP contribution is 2.41. The fourth-order valence-corrected chi connectivity index (χ4v) is 5.16. The topological polar surface area (TPSA) is 110 Å². The van der Waals surface area contributed by atoms with Crippen LogP contribution in [0, 0.1) is 0 Å². The predicted octanol–water partition coefficient (Wildman–Crippen LogP) is 6.71. The summed E-state index contributed by atoms with van der Waals surface area (Å²) in [5, 5.41) is 32.8. The maximum absolute atomic E-state index is 13.2. The molecule has 0 saturated carbocycles. The van der Waals surface area contributed by atoms with Crippen LogP contribution in [0.3, 0.4) is 0 Å². The molecule has 2 aromatic carbocycles. The minimum atomic E-state index is -0.320. The summed E-state index contributed by atoms with van der Waals surface area (Å²) in [6.07, 6.45) is 1.16. The van der Waals surface area contributed by atoms with Crippen LogP contribution in [0.25, 0.3) is 0 Å². The summed E-state index contributed by atoms with van der Waals surface area (Å²) in [5.74, 6) is -0.0215. The number of nitrogens with zero attached hydrogens (tertiary/aromatic N) is 1. The molecule has 4 N–H and O–H groups in total. The molecular weight excluding hydrogens is 540 g/mol. The highest BCUT2D eigenvalue weighted by atomic mass is 16.3. The lowest BCUT2D eigenvalue weighted by Crippen LogP contribution is -2.47. The molecule has 0 fully saturated rings. The third-order valence-electron chi connectivity index (χ3n) is 7.72. The lowest BCUT2D eigenvalue weighted by molar-refractivity contribution is -0.142. The van der Waals surface area contributed by atoms with Crippen molar-refractivity contribution < 1.29 is 24.9 Å². The number of hydrazine groups is 1. The molecule has 43 heavy (non-hydrogen) atoms. The van der Waals surface area contributed by atoms with Crippen LogP contribution in [0.4, 0.5) is 0 Å². The molecule has 0 aliphatic carbocycles. The maximum atomic E-state index is 13.2. The second-order valence-electron chi connectivity index (χ2n) is 15.9. The highest BCUT2D eigenvalue weighted by molar-refractivity contribution is 5.82. The summed E-state index contributed by atoms with van der Waals surface area (Å²) in [6.45, 7) is 24.3. The first-order valence-corrected chi connectivity index (χ1v) is 15.4. The summed E-state index contributed by atoms with van der Waals surface area (Å²) in [5.41, 5.74) is 6.83. The minimum Gasteiger partial charge on any atom is -0.507 e. The Bertz CT molecular complexity index is 1230. The van der Waals surface area contributed by atoms with Gasteiger partial charge >= 0.3 is 0 Å². The number of aryl methyl sites for hydroxylation is 2. The summed E-state index contributed by atoms with van der Waals surface area (Å²) in [7, 11) is 0. The van der Waals surface area contributed by atoms with Crippen molar-refractivity contribution in [2.45, 2.75) is 130 Å². The number of hydrogen-bond acceptors (Lipinski definition) is 5. The van der Waals surface area contributed by atoms with Crippen LogP contribution in [0.1, 0.15) is 129 Å². The number of aliphatic hydroxyl groups is 1. The van der Waals surface area contributed by atoms with E-state index < -0.39 is 0 Å². The van der Waals surface area contributed by atoms with Gasteiger partial charge in [-0.3, -0.25) is 20.0 Å². The monoisotopic (exact) mass is 596 g/mol. The Labute approximate surface area is 259 Å². The van der Waals surface area contributed by atoms with Gasteiger partial charge in [0.15, 0.2) is 0 Å². The van der Waals surface area contributed by atoms with E-state index in [1.807, 2.05) is 65.8 Å². The smallest absolute Gasteiger partial charge is 0.241 e. The van der Waals surface area contributed by atoms with Crippen LogP contribution in [0.15, 0.2) is 24.3 Å². The van der Waals surface area contributed by atoms with Gasteiger partial charge in [0.2, 0.25) is 11.8 Å². The Morgan fingerprint density at radius 1 is 0.628 bits per heavy atom. The second kappa shape index (κ2) is 13.3. The van der Waals surface area contributed by atoms with Crippen molar-refractivity contribution in [1.82, 2.24) is 10.4 Å². The van der Waals surface area contributed by atoms with E-state index in [0.717, 1.165) is 33.4 Å². The minimum absolute atomic E-state index is 0.0117. The van der Waals surface area contributed by atoms with Crippen LogP contribution >= 0.6 is 0 Å². The third-order valence-corrected chi connectivity index (χ3v) is 7.72. The Morgan fingerprint density at radius 3 is 1.26 bits per heavy atom. The van der Waals surface area contributed by atoms with Gasteiger partial charge < -0.3 is 15.3 Å². The number of carbonyl (C=O) groups is 2. The molecule has 240 valence electrons. The van der Waals surface area contributed by atoms with Gasteiger partial charge in [0.05, 0.1) is 13.2 Å². The van der Waals surface area contributed by atoms with Crippen LogP contribution < -0.4 is 5.43 Å². The first-order chi connectivity index (χ1) is 19.5. The predicted molar refractivity (Wildman–Crippen MR) is 175 cm³/mol. The van der Waals surface area contributed by atoms with Crippen molar-refractivity contribution in [3.05, 3.63) is 57.6 Å². The van der Waals surface area contributed by atoms with Crippen LogP contribution in [0.2, 0.25) is 0 Å². The number of phenolic OH excluding ortho intramolecular Hbond substituents is 2. The van der Waals surface area contributed by atoms with Gasteiger partial charge in [0, 0.05) is 12.8 Å². The van der Waals surface area contributed by atoms with Gasteiger partial charge in [-0.15, -0.1) is 0 Å². The molecule has 0 spiro atoms. The van der Waals surface area contributed by atoms with Crippen molar-refractivity contribution >= 4 is 11.8 Å². The zero-order valence-corrected chi connectivity index (χ0v) is 28.7. The fourth-order valence-electron chi connectivity index (χ4n) is 5.16. The lowest BCUT2D eigenvalue weighted by atomic mass is 9.78. The Balaban J connectivity index is 2.19. The van der Waals surface area contributed by atoms with Crippen LogP contribution in [0.5, 0.6) is 11.5 Å². The Hall–Kier alpha value is -3.06. The average Bonchev–Trinajstić information content (AvgIpc) is 2.84. The molecule has 2 amide bonds. The number of benzene rings is 2. The summed E-state index contributed by atoms with van der Waals surface area (Å²) in [4.78, 5) is 26.2. The Morgan fingerprint density at radius 2 is 0.953 bits per heavy atom. The molecule has 0 atom stereocenters. The summed E-state index contributed by atoms with van der Waals surface area (Å²) < 4.78 is 0. The fraction of sp³-hybridized carbons (Fsp3) is 0.611. The number of amides is 2. The summed E-state index contributed by atoms with van der Waals surface area (Å²) in [6, 6.07) is 7.85. The van der Waals surface area contributed by atoms with Crippen molar-refractivity contribution in [3.63, 3.8) is 0 Å². The molecule has 0 aliphatic rings. The molecule has 0 aliphatic heterocycles. The Kier molecular flexibility index (Phi) is 11.2. The number of hydrogen-bond donors (Lipinski definition) is 4. The molecule has 2 aromatic rings. The molecule has 7 heteroatoms. The zero-order valence-electron chi connectivity index (χ0n) is 28.7. The maximum Gasteiger partial charge on any atom is 0.241 e. The number of aliphatic hydroxyl groups excluding tert-OH is 1. The summed E-state index contributed by atoms with van der Waals surface area (Å²) >= 11 is 0. The van der Waals surface area contributed by atoms with E-state index in [0.29, 0.717) is 24.3 Å². The van der Waals surface area contributed by atoms with Gasteiger partial charge in [0.1, 0.15) is 11.5 Å². The SMILES string of the molecule is CC(C)(C)c1cc(CCC(=O)NN(CCO)C(=O)CCc2cc(C(C)(C)C)c(O)c(C(C)(C)C)c2)cc(C(C)(C)C)c1O. The molecular formula is C36H56N2O5. The van der Waals surface area contributed by atoms with Crippen molar-refractivity contribution in [2.24, 2.45) is 0 Å². The molecule has 0 radical (unpaired) electrons. The third kappa shape index (κ3) is 9.72. The normalized spacial score (nSPS) is 12.8. The molecule has 0 aromatic heterocycles. The molecule has 0 saturated heterocycles. The lowest BCUT2D eigenvalue weighted by Gasteiger charge is -2.28. The number of rotatable bonds is 8. The van der Waals surface area contributed by atoms with Crippen molar-refractivity contribution in [2.75, 3.05) is 13.2 Å². The van der Waals surface area contributed by atoms with Gasteiger partial charge in [-0.2, -0.15) is 0 Å². The number of nitrogens with one attached hydrogen (secondary N) is 1. The van der Waals surface area contributed by atoms with E-state index in [9.17, 15) is 24.9 Å². The standard InChI is InChI=1S/C36H56N2O5/c1-33(2,3)25-19-23(20-26(31(25)42)34(4,5)6)13-15-29(40)37-38(17-18-39)30(41)16-14-24-21-27(35(7,8)9)32(43)28(22-24)36(10,11)12/h19-22,39,42-43H,13-18H2,1-12H3,(H,37,40). The first kappa shape index (κ1) is 36.1. The molecule has 0 bridgehead atoms. The van der Waals surface area contributed by atoms with E-state index in [2.05, 4.69) is 47.0 Å². The van der Waals surface area contributed by atoms with E-state index in [-0.39, 0.29) is 59.5 Å². The second-order valence-corrected chi connectivity index (χ2v) is 15.9. The van der Waals surface area contributed by atoms with Crippen LogP contribution in [-0.4, -0.2) is 45.3 Å². The number of aromatic hydroxyl groups is 2. The van der Waals surface area contributed by atoms with Crippen molar-refractivity contribution in [1.29, 1.82) is 0 Å². The van der Waals surface area contributed by atoms with E-state index in [4.69, 9.17) is 0 Å². The van der Waals surface area contributed by atoms with Crippen LogP contribution in [-0.2, 0) is 44.1 Å². The molecule has 0 heterocycles. The van der Waals surface area contributed by atoms with Gasteiger partial charge in [-0.1, -0.05) is 107 Å². The zero-order chi connectivity index (χ0) is 33.1. The first-order valence-electron chi connectivity index (χ1n) is 15.4. The molecule has 0 unspecified atom stereocenters. The average molecular weight is 597 g/mol. The van der Waals surface area contributed by atoms with Crippen molar-refractivity contribution in [3.8, 4) is 11.5 Å². The quantitative estimate of drug-likeness (QED) is 0.253. The molecule has 2 rings (SSSR count). The largest absolute Gasteiger partial charge is 0.507 e. The van der Waals surface area contributed by atoms with Gasteiger partial charge in [0.25, 0.3) is 0 Å². The van der Waals surface area contributed by atoms with E-state index in [1.165, 1.54) is 5.01 Å². The van der Waals surface area contributed by atoms with E-state index in [1.54, 1.807) is 0 Å². The van der Waals surface area contributed by atoms with E-state index >= 15 is 0 Å². The van der Waals surface area contributed by atoms with Gasteiger partial charge in [-0.25, -0.2) is 0 Å². The molecule has 7 nitrogen and oxygen atoms in total. The van der Waals surface area contributed by atoms with Gasteiger partial charge in [-0.05, 0) is 67.9 Å². The highest BCUT2D eigenvalue weighted by Gasteiger charge is 2.28. The number of carbonyl (C=O) groups excluding carboxylic acids is 2.